The summed E-state index contributed by atoms with van der Waals surface area (Å²) >= 11 is 0. The van der Waals surface area contributed by atoms with Gasteiger partial charge in [-0.15, -0.1) is 0 Å². The van der Waals surface area contributed by atoms with Crippen LogP contribution in [0.15, 0.2) is 61.2 Å². The predicted octanol–water partition coefficient (Wildman–Crippen LogP) is 2.00. The van der Waals surface area contributed by atoms with Gasteiger partial charge in [0.1, 0.15) is 5.82 Å². The average Bonchev–Trinajstić information content (AvgIpc) is 3.36. The Morgan fingerprint density at radius 3 is 2.76 bits per heavy atom. The molecule has 130 valence electrons. The molecule has 1 aliphatic rings. The van der Waals surface area contributed by atoms with Gasteiger partial charge in [-0.05, 0) is 37.0 Å². The van der Waals surface area contributed by atoms with Crippen molar-refractivity contribution >= 4 is 0 Å². The second-order valence-corrected chi connectivity index (χ2v) is 6.67. The zero-order valence-electron chi connectivity index (χ0n) is 14.1. The molecule has 0 amide bonds. The van der Waals surface area contributed by atoms with Crippen molar-refractivity contribution in [2.24, 2.45) is 5.92 Å². The number of nitrogens with one attached hydrogen (secondary N) is 1. The van der Waals surface area contributed by atoms with Gasteiger partial charge in [-0.1, -0.05) is 18.2 Å². The zero-order valence-corrected chi connectivity index (χ0v) is 14.1. The average molecular weight is 337 g/mol. The van der Waals surface area contributed by atoms with Crippen LogP contribution in [0.25, 0.3) is 5.69 Å². The van der Waals surface area contributed by atoms with Crippen LogP contribution in [0.1, 0.15) is 18.7 Å². The molecule has 2 N–H and O–H groups in total. The first kappa shape index (κ1) is 16.1. The zero-order chi connectivity index (χ0) is 17.1. The number of rotatable bonds is 6. The van der Waals surface area contributed by atoms with Crippen LogP contribution in [-0.2, 0) is 13.1 Å². The third-order valence-corrected chi connectivity index (χ3v) is 4.91. The van der Waals surface area contributed by atoms with E-state index in [2.05, 4.69) is 32.1 Å². The fraction of sp³-hybridized carbons (Fsp3) is 0.368. The van der Waals surface area contributed by atoms with Crippen molar-refractivity contribution in [3.63, 3.8) is 0 Å². The maximum atomic E-state index is 10.4. The molecule has 0 radical (unpaired) electrons. The number of hydrogen-bond acceptors (Lipinski definition) is 4. The maximum Gasteiger partial charge on any atom is 0.127 e. The molecular weight excluding hydrogens is 314 g/mol. The summed E-state index contributed by atoms with van der Waals surface area (Å²) < 4.78 is 4.03. The van der Waals surface area contributed by atoms with Crippen LogP contribution in [-0.4, -0.2) is 36.6 Å². The normalized spacial score (nSPS) is 23.2. The van der Waals surface area contributed by atoms with Gasteiger partial charge in [-0.3, -0.25) is 4.68 Å². The van der Waals surface area contributed by atoms with E-state index >= 15 is 0 Å². The minimum atomic E-state index is -0.319. The minimum Gasteiger partial charge on any atom is -0.391 e. The summed E-state index contributed by atoms with van der Waals surface area (Å²) in [7, 11) is 0. The molecule has 4 rings (SSSR count). The molecule has 1 unspecified atom stereocenters. The number of aliphatic hydroxyl groups is 1. The molecule has 1 saturated carbocycles. The van der Waals surface area contributed by atoms with E-state index in [4.69, 9.17) is 0 Å². The summed E-state index contributed by atoms with van der Waals surface area (Å²) in [6.07, 6.45) is 9.00. The lowest BCUT2D eigenvalue weighted by atomic mass is 10.1. The summed E-state index contributed by atoms with van der Waals surface area (Å²) in [6, 6.07) is 12.2. The van der Waals surface area contributed by atoms with Crippen molar-refractivity contribution in [2.75, 3.05) is 0 Å². The van der Waals surface area contributed by atoms with E-state index in [1.165, 1.54) is 0 Å². The van der Waals surface area contributed by atoms with Crippen LogP contribution < -0.4 is 5.32 Å². The number of nitrogens with zero attached hydrogens (tertiary/aromatic N) is 4. The van der Waals surface area contributed by atoms with Crippen molar-refractivity contribution in [1.29, 1.82) is 0 Å². The molecule has 1 fully saturated rings. The number of aliphatic hydroxyl groups excluding tert-OH is 1. The van der Waals surface area contributed by atoms with Crippen molar-refractivity contribution < 1.29 is 5.11 Å². The fourth-order valence-corrected chi connectivity index (χ4v) is 3.67. The molecule has 2 aromatic heterocycles. The SMILES string of the molecule is O[C@@H]1CC(Cn2cccn2)C[C@H]1NCc1nccn1-c1ccccc1. The molecule has 1 aromatic carbocycles. The number of para-hydroxylation sites is 1. The first-order valence-corrected chi connectivity index (χ1v) is 8.76. The van der Waals surface area contributed by atoms with Gasteiger partial charge in [-0.2, -0.15) is 5.10 Å². The topological polar surface area (TPSA) is 67.9 Å². The Hall–Kier alpha value is -2.44. The standard InChI is InChI=1S/C19H23N5O/c25-18-12-15(14-23-9-4-7-22-23)11-17(18)21-13-19-20-8-10-24(19)16-5-2-1-3-6-16/h1-10,15,17-18,21,25H,11-14H2/t15?,17-,18-/m1/s1. The Labute approximate surface area is 147 Å². The highest BCUT2D eigenvalue weighted by molar-refractivity contribution is 5.32. The van der Waals surface area contributed by atoms with Crippen LogP contribution in [0.2, 0.25) is 0 Å². The first-order valence-electron chi connectivity index (χ1n) is 8.76. The van der Waals surface area contributed by atoms with Crippen LogP contribution >= 0.6 is 0 Å². The number of aromatic nitrogens is 4. The lowest BCUT2D eigenvalue weighted by molar-refractivity contribution is 0.145. The van der Waals surface area contributed by atoms with Crippen molar-refractivity contribution in [3.05, 3.63) is 67.0 Å². The van der Waals surface area contributed by atoms with E-state index in [1.54, 1.807) is 6.20 Å². The van der Waals surface area contributed by atoms with Gasteiger partial charge in [0, 0.05) is 43.1 Å². The number of imidazole rings is 1. The second kappa shape index (κ2) is 7.21. The third-order valence-electron chi connectivity index (χ3n) is 4.91. The number of hydrogen-bond donors (Lipinski definition) is 2. The maximum absolute atomic E-state index is 10.4. The van der Waals surface area contributed by atoms with Crippen molar-refractivity contribution in [2.45, 2.75) is 38.1 Å². The molecule has 1 aliphatic carbocycles. The van der Waals surface area contributed by atoms with E-state index < -0.39 is 0 Å². The lowest BCUT2D eigenvalue weighted by Gasteiger charge is -2.17. The highest BCUT2D eigenvalue weighted by atomic mass is 16.3. The van der Waals surface area contributed by atoms with Crippen LogP contribution in [0.4, 0.5) is 0 Å². The Morgan fingerprint density at radius 1 is 1.08 bits per heavy atom. The molecular formula is C19H23N5O. The van der Waals surface area contributed by atoms with Gasteiger partial charge in [-0.25, -0.2) is 4.98 Å². The summed E-state index contributed by atoms with van der Waals surface area (Å²) in [6.45, 7) is 1.50. The minimum absolute atomic E-state index is 0.0986. The van der Waals surface area contributed by atoms with E-state index in [9.17, 15) is 5.11 Å². The molecule has 0 saturated heterocycles. The Morgan fingerprint density at radius 2 is 1.96 bits per heavy atom. The molecule has 0 aliphatic heterocycles. The van der Waals surface area contributed by atoms with Gasteiger partial charge >= 0.3 is 0 Å². The highest BCUT2D eigenvalue weighted by Crippen LogP contribution is 2.27. The predicted molar refractivity (Wildman–Crippen MR) is 95.1 cm³/mol. The van der Waals surface area contributed by atoms with E-state index in [1.807, 2.05) is 47.5 Å². The molecule has 3 atom stereocenters. The molecule has 25 heavy (non-hydrogen) atoms. The monoisotopic (exact) mass is 337 g/mol. The molecule has 6 heteroatoms. The molecule has 0 spiro atoms. The summed E-state index contributed by atoms with van der Waals surface area (Å²) in [5, 5.41) is 18.1. The van der Waals surface area contributed by atoms with Gasteiger partial charge < -0.3 is 15.0 Å². The molecule has 0 bridgehead atoms. The van der Waals surface area contributed by atoms with Crippen LogP contribution in [0.5, 0.6) is 0 Å². The van der Waals surface area contributed by atoms with E-state index in [0.717, 1.165) is 30.9 Å². The van der Waals surface area contributed by atoms with Gasteiger partial charge in [0.15, 0.2) is 0 Å². The molecule has 3 aromatic rings. The quantitative estimate of drug-likeness (QED) is 0.722. The van der Waals surface area contributed by atoms with Crippen LogP contribution in [0, 0.1) is 5.92 Å². The third kappa shape index (κ3) is 3.65. The summed E-state index contributed by atoms with van der Waals surface area (Å²) in [5.41, 5.74) is 1.10. The van der Waals surface area contributed by atoms with E-state index in [0.29, 0.717) is 12.5 Å². The summed E-state index contributed by atoms with van der Waals surface area (Å²) in [5.74, 6) is 1.40. The largest absolute Gasteiger partial charge is 0.391 e. The van der Waals surface area contributed by atoms with Gasteiger partial charge in [0.05, 0.1) is 12.6 Å². The lowest BCUT2D eigenvalue weighted by Crippen LogP contribution is -2.35. The van der Waals surface area contributed by atoms with E-state index in [-0.39, 0.29) is 12.1 Å². The smallest absolute Gasteiger partial charge is 0.127 e. The van der Waals surface area contributed by atoms with Gasteiger partial charge in [0.2, 0.25) is 0 Å². The molecule has 6 nitrogen and oxygen atoms in total. The summed E-state index contributed by atoms with van der Waals surface area (Å²) in [4.78, 5) is 4.46. The Balaban J connectivity index is 1.37. The van der Waals surface area contributed by atoms with Crippen LogP contribution in [0.3, 0.4) is 0 Å². The Kier molecular flexibility index (Phi) is 4.63. The first-order chi connectivity index (χ1) is 12.3. The second-order valence-electron chi connectivity index (χ2n) is 6.67. The fourth-order valence-electron chi connectivity index (χ4n) is 3.67. The number of benzene rings is 1. The van der Waals surface area contributed by atoms with Crippen molar-refractivity contribution in [3.8, 4) is 5.69 Å². The van der Waals surface area contributed by atoms with Crippen molar-refractivity contribution in [1.82, 2.24) is 24.6 Å². The van der Waals surface area contributed by atoms with Gasteiger partial charge in [0.25, 0.3) is 0 Å². The Bertz CT molecular complexity index is 783. The highest BCUT2D eigenvalue weighted by Gasteiger charge is 2.33. The molecule has 2 heterocycles.